The van der Waals surface area contributed by atoms with Crippen molar-refractivity contribution < 1.29 is 27.3 Å². The van der Waals surface area contributed by atoms with Gasteiger partial charge in [-0.25, -0.2) is 0 Å². The molecule has 0 amide bonds. The summed E-state index contributed by atoms with van der Waals surface area (Å²) in [6.45, 7) is 1.42. The summed E-state index contributed by atoms with van der Waals surface area (Å²) in [4.78, 5) is 8.59. The maximum atomic E-state index is 9.58. The Balaban J connectivity index is 0.00000264. The van der Waals surface area contributed by atoms with E-state index in [1.807, 2.05) is 24.3 Å². The molecule has 0 saturated carbocycles. The standard InChI is InChI=1S/C18H20N2O2.Mn/c21-17-9-3-1-7-15(17)13-19-11-5-6-12-20-14-16-8-2-4-10-18(16)22;/h1-4,7-10,13-14,21-22H,5-6,11-12H2;. The molecule has 2 aromatic rings. The van der Waals surface area contributed by atoms with E-state index in [9.17, 15) is 10.2 Å². The molecule has 1 radical (unpaired) electrons. The van der Waals surface area contributed by atoms with Gasteiger partial charge in [0.15, 0.2) is 0 Å². The van der Waals surface area contributed by atoms with Crippen molar-refractivity contribution in [3.8, 4) is 11.5 Å². The number of aliphatic imine (C=N–C) groups is 2. The molecule has 0 heterocycles. The Morgan fingerprint density at radius 3 is 1.48 bits per heavy atom. The summed E-state index contributed by atoms with van der Waals surface area (Å²) in [5.41, 5.74) is 1.47. The van der Waals surface area contributed by atoms with Gasteiger partial charge in [0, 0.05) is 53.7 Å². The van der Waals surface area contributed by atoms with E-state index in [0.717, 1.165) is 24.0 Å². The van der Waals surface area contributed by atoms with Gasteiger partial charge >= 0.3 is 0 Å². The molecule has 0 aromatic heterocycles. The molecule has 4 nitrogen and oxygen atoms in total. The number of rotatable bonds is 7. The molecule has 0 bridgehead atoms. The fourth-order valence-electron chi connectivity index (χ4n) is 1.93. The molecule has 0 aliphatic carbocycles. The number of unbranched alkanes of at least 4 members (excludes halogenated alkanes) is 1. The molecule has 5 heteroatoms. The fourth-order valence-corrected chi connectivity index (χ4v) is 1.93. The Bertz CT molecular complexity index is 599. The predicted octanol–water partition coefficient (Wildman–Crippen LogP) is 3.41. The van der Waals surface area contributed by atoms with Crippen LogP contribution < -0.4 is 0 Å². The van der Waals surface area contributed by atoms with Crippen LogP contribution in [0.4, 0.5) is 0 Å². The molecular formula is C18H20MnN2O2. The van der Waals surface area contributed by atoms with Crippen LogP contribution in [0.2, 0.25) is 0 Å². The molecule has 0 aliphatic heterocycles. The fraction of sp³-hybridized carbons (Fsp3) is 0.222. The van der Waals surface area contributed by atoms with Crippen LogP contribution in [0.25, 0.3) is 0 Å². The summed E-state index contributed by atoms with van der Waals surface area (Å²) >= 11 is 0. The smallest absolute Gasteiger partial charge is 0.124 e. The zero-order chi connectivity index (χ0) is 15.6. The Hall–Kier alpha value is -2.10. The zero-order valence-corrected chi connectivity index (χ0v) is 13.9. The predicted molar refractivity (Wildman–Crippen MR) is 90.4 cm³/mol. The van der Waals surface area contributed by atoms with Crippen LogP contribution in [0.5, 0.6) is 11.5 Å². The number of phenolic OH excluding ortho intramolecular Hbond substituents is 2. The van der Waals surface area contributed by atoms with E-state index < -0.39 is 0 Å². The molecule has 0 unspecified atom stereocenters. The van der Waals surface area contributed by atoms with E-state index in [1.54, 1.807) is 36.7 Å². The van der Waals surface area contributed by atoms with Gasteiger partial charge in [-0.05, 0) is 37.1 Å². The monoisotopic (exact) mass is 351 g/mol. The number of aromatic hydroxyl groups is 2. The second-order valence-electron chi connectivity index (χ2n) is 4.90. The Morgan fingerprint density at radius 2 is 1.09 bits per heavy atom. The van der Waals surface area contributed by atoms with Crippen molar-refractivity contribution in [1.29, 1.82) is 0 Å². The van der Waals surface area contributed by atoms with Gasteiger partial charge in [-0.1, -0.05) is 24.3 Å². The van der Waals surface area contributed by atoms with Crippen LogP contribution in [-0.2, 0) is 17.1 Å². The molecule has 0 atom stereocenters. The maximum Gasteiger partial charge on any atom is 0.124 e. The van der Waals surface area contributed by atoms with Crippen molar-refractivity contribution in [3.63, 3.8) is 0 Å². The Morgan fingerprint density at radius 1 is 0.696 bits per heavy atom. The summed E-state index contributed by atoms with van der Waals surface area (Å²) in [6, 6.07) is 14.3. The molecule has 121 valence electrons. The molecule has 0 spiro atoms. The second-order valence-corrected chi connectivity index (χ2v) is 4.90. The van der Waals surface area contributed by atoms with Gasteiger partial charge in [0.05, 0.1) is 0 Å². The molecule has 2 N–H and O–H groups in total. The van der Waals surface area contributed by atoms with Crippen LogP contribution in [0.1, 0.15) is 24.0 Å². The first kappa shape index (κ1) is 18.9. The van der Waals surface area contributed by atoms with Gasteiger partial charge in [0.1, 0.15) is 11.5 Å². The average Bonchev–Trinajstić information content (AvgIpc) is 2.53. The summed E-state index contributed by atoms with van der Waals surface area (Å²) in [6.07, 6.45) is 5.26. The number of phenols is 2. The third-order valence-corrected chi connectivity index (χ3v) is 3.16. The van der Waals surface area contributed by atoms with Crippen molar-refractivity contribution in [2.24, 2.45) is 9.98 Å². The van der Waals surface area contributed by atoms with E-state index in [4.69, 9.17) is 0 Å². The van der Waals surface area contributed by atoms with Gasteiger partial charge in [-0.2, -0.15) is 0 Å². The minimum Gasteiger partial charge on any atom is -0.507 e. The second kappa shape index (κ2) is 10.6. The third-order valence-electron chi connectivity index (χ3n) is 3.16. The van der Waals surface area contributed by atoms with E-state index in [1.165, 1.54) is 0 Å². The van der Waals surface area contributed by atoms with Gasteiger partial charge in [-0.3, -0.25) is 9.98 Å². The number of nitrogens with zero attached hydrogens (tertiary/aromatic N) is 2. The van der Waals surface area contributed by atoms with Crippen LogP contribution >= 0.6 is 0 Å². The van der Waals surface area contributed by atoms with Crippen LogP contribution in [0, 0.1) is 0 Å². The van der Waals surface area contributed by atoms with Crippen molar-refractivity contribution in [2.45, 2.75) is 12.8 Å². The third kappa shape index (κ3) is 6.68. The van der Waals surface area contributed by atoms with Gasteiger partial charge in [0.2, 0.25) is 0 Å². The SMILES string of the molecule is Oc1ccccc1C=NCCCCN=Cc1ccccc1O.[Mn]. The first-order valence-corrected chi connectivity index (χ1v) is 7.33. The quantitative estimate of drug-likeness (QED) is 0.456. The average molecular weight is 351 g/mol. The minimum atomic E-state index is 0. The largest absolute Gasteiger partial charge is 0.507 e. The Kier molecular flexibility index (Phi) is 8.73. The molecule has 0 fully saturated rings. The topological polar surface area (TPSA) is 65.2 Å². The van der Waals surface area contributed by atoms with Crippen LogP contribution in [0.15, 0.2) is 58.5 Å². The molecule has 0 saturated heterocycles. The maximum absolute atomic E-state index is 9.58. The summed E-state index contributed by atoms with van der Waals surface area (Å²) in [5, 5.41) is 19.2. The Labute approximate surface area is 147 Å². The van der Waals surface area contributed by atoms with E-state index in [-0.39, 0.29) is 28.6 Å². The molecule has 2 rings (SSSR count). The van der Waals surface area contributed by atoms with Crippen molar-refractivity contribution in [3.05, 3.63) is 59.7 Å². The zero-order valence-electron chi connectivity index (χ0n) is 12.8. The van der Waals surface area contributed by atoms with Crippen molar-refractivity contribution in [1.82, 2.24) is 0 Å². The summed E-state index contributed by atoms with van der Waals surface area (Å²) in [5.74, 6) is 0.497. The number of hydrogen-bond acceptors (Lipinski definition) is 4. The first-order valence-electron chi connectivity index (χ1n) is 7.33. The van der Waals surface area contributed by atoms with E-state index in [0.29, 0.717) is 13.1 Å². The molecule has 2 aromatic carbocycles. The number of para-hydroxylation sites is 2. The summed E-state index contributed by atoms with van der Waals surface area (Å²) < 4.78 is 0. The van der Waals surface area contributed by atoms with Crippen LogP contribution in [-0.4, -0.2) is 35.7 Å². The van der Waals surface area contributed by atoms with Gasteiger partial charge in [-0.15, -0.1) is 0 Å². The van der Waals surface area contributed by atoms with Gasteiger partial charge < -0.3 is 10.2 Å². The number of hydrogen-bond donors (Lipinski definition) is 2. The van der Waals surface area contributed by atoms with Gasteiger partial charge in [0.25, 0.3) is 0 Å². The molecular weight excluding hydrogens is 331 g/mol. The first-order chi connectivity index (χ1) is 10.8. The minimum absolute atomic E-state index is 0. The van der Waals surface area contributed by atoms with Crippen LogP contribution in [0.3, 0.4) is 0 Å². The normalized spacial score (nSPS) is 11.0. The number of benzene rings is 2. The molecule has 23 heavy (non-hydrogen) atoms. The van der Waals surface area contributed by atoms with E-state index in [2.05, 4.69) is 9.98 Å². The van der Waals surface area contributed by atoms with E-state index >= 15 is 0 Å². The molecule has 0 aliphatic rings. The van der Waals surface area contributed by atoms with Crippen molar-refractivity contribution >= 4 is 12.4 Å². The van der Waals surface area contributed by atoms with Crippen molar-refractivity contribution in [2.75, 3.05) is 13.1 Å². The summed E-state index contributed by atoms with van der Waals surface area (Å²) in [7, 11) is 0.